The molecule has 0 aromatic heterocycles. The van der Waals surface area contributed by atoms with Crippen LogP contribution < -0.4 is 5.73 Å². The summed E-state index contributed by atoms with van der Waals surface area (Å²) < 4.78 is 26.0. The number of oxime groups is 1. The molecule has 18 heavy (non-hydrogen) atoms. The first-order chi connectivity index (χ1) is 8.43. The van der Waals surface area contributed by atoms with Crippen LogP contribution in [-0.2, 0) is 11.2 Å². The fourth-order valence-corrected chi connectivity index (χ4v) is 1.33. The first kappa shape index (κ1) is 13.9. The molecule has 1 aromatic carbocycles. The van der Waals surface area contributed by atoms with Gasteiger partial charge in [-0.1, -0.05) is 11.2 Å². The largest absolute Gasteiger partial charge is 0.409 e. The first-order valence-corrected chi connectivity index (χ1v) is 5.08. The van der Waals surface area contributed by atoms with Crippen molar-refractivity contribution in [1.82, 2.24) is 4.90 Å². The van der Waals surface area contributed by atoms with Crippen LogP contribution in [0.1, 0.15) is 5.56 Å². The predicted molar refractivity (Wildman–Crippen MR) is 61.1 cm³/mol. The molecule has 0 aliphatic carbocycles. The molecular weight excluding hydrogens is 244 g/mol. The van der Waals surface area contributed by atoms with Crippen molar-refractivity contribution in [3.8, 4) is 0 Å². The number of amides is 1. The van der Waals surface area contributed by atoms with Crippen LogP contribution in [0.2, 0.25) is 0 Å². The van der Waals surface area contributed by atoms with Crippen LogP contribution in [0, 0.1) is 11.6 Å². The SMILES string of the molecule is CN(CC(N)=NO)C(=O)Cc1ccc(F)cc1F. The molecule has 0 atom stereocenters. The van der Waals surface area contributed by atoms with Gasteiger partial charge >= 0.3 is 0 Å². The summed E-state index contributed by atoms with van der Waals surface area (Å²) in [5, 5.41) is 11.1. The van der Waals surface area contributed by atoms with E-state index in [0.717, 1.165) is 6.07 Å². The summed E-state index contributed by atoms with van der Waals surface area (Å²) in [6.07, 6.45) is -0.221. The van der Waals surface area contributed by atoms with Gasteiger partial charge < -0.3 is 15.8 Å². The van der Waals surface area contributed by atoms with Gasteiger partial charge in [0.25, 0.3) is 0 Å². The third-order valence-electron chi connectivity index (χ3n) is 2.31. The summed E-state index contributed by atoms with van der Waals surface area (Å²) >= 11 is 0. The number of benzene rings is 1. The molecule has 1 amide bonds. The standard InChI is InChI=1S/C11H13F2N3O2/c1-16(6-10(14)15-18)11(17)4-7-2-3-8(12)5-9(7)13/h2-3,5,18H,4,6H2,1H3,(H2,14,15). The maximum absolute atomic E-state index is 13.3. The average Bonchev–Trinajstić information content (AvgIpc) is 2.32. The third-order valence-corrected chi connectivity index (χ3v) is 2.31. The van der Waals surface area contributed by atoms with Gasteiger partial charge in [0.15, 0.2) is 5.84 Å². The van der Waals surface area contributed by atoms with Crippen molar-refractivity contribution in [1.29, 1.82) is 0 Å². The quantitative estimate of drug-likeness (QED) is 0.361. The molecule has 0 heterocycles. The highest BCUT2D eigenvalue weighted by molar-refractivity contribution is 5.87. The molecular formula is C11H13F2N3O2. The van der Waals surface area contributed by atoms with E-state index in [2.05, 4.69) is 5.16 Å². The molecule has 0 radical (unpaired) electrons. The van der Waals surface area contributed by atoms with Crippen LogP contribution >= 0.6 is 0 Å². The van der Waals surface area contributed by atoms with Crippen molar-refractivity contribution in [2.45, 2.75) is 6.42 Å². The van der Waals surface area contributed by atoms with Crippen molar-refractivity contribution in [2.24, 2.45) is 10.9 Å². The molecule has 98 valence electrons. The number of carbonyl (C=O) groups is 1. The number of carbonyl (C=O) groups excluding carboxylic acids is 1. The van der Waals surface area contributed by atoms with E-state index in [9.17, 15) is 13.6 Å². The second kappa shape index (κ2) is 5.95. The minimum atomic E-state index is -0.777. The summed E-state index contributed by atoms with van der Waals surface area (Å²) in [6.45, 7) is -0.0713. The van der Waals surface area contributed by atoms with Gasteiger partial charge in [-0.3, -0.25) is 4.79 Å². The maximum Gasteiger partial charge on any atom is 0.227 e. The van der Waals surface area contributed by atoms with Crippen molar-refractivity contribution >= 4 is 11.7 Å². The maximum atomic E-state index is 13.3. The van der Waals surface area contributed by atoms with Crippen molar-refractivity contribution in [3.63, 3.8) is 0 Å². The molecule has 0 bridgehead atoms. The Morgan fingerprint density at radius 1 is 1.50 bits per heavy atom. The number of nitrogens with zero attached hydrogens (tertiary/aromatic N) is 2. The summed E-state index contributed by atoms with van der Waals surface area (Å²) in [5.41, 5.74) is 5.33. The highest BCUT2D eigenvalue weighted by Gasteiger charge is 2.14. The Hall–Kier alpha value is -2.18. The molecule has 0 saturated carbocycles. The molecule has 1 aromatic rings. The lowest BCUT2D eigenvalue weighted by atomic mass is 10.1. The Morgan fingerprint density at radius 2 is 2.17 bits per heavy atom. The molecule has 0 aliphatic rings. The zero-order valence-corrected chi connectivity index (χ0v) is 9.73. The summed E-state index contributed by atoms with van der Waals surface area (Å²) in [6, 6.07) is 3.00. The summed E-state index contributed by atoms with van der Waals surface area (Å²) in [4.78, 5) is 12.9. The second-order valence-corrected chi connectivity index (χ2v) is 3.75. The molecule has 5 nitrogen and oxygen atoms in total. The molecule has 7 heteroatoms. The lowest BCUT2D eigenvalue weighted by molar-refractivity contribution is -0.128. The molecule has 0 fully saturated rings. The van der Waals surface area contributed by atoms with Gasteiger partial charge in [0.05, 0.1) is 13.0 Å². The van der Waals surface area contributed by atoms with Crippen LogP contribution in [0.15, 0.2) is 23.4 Å². The number of hydrogen-bond acceptors (Lipinski definition) is 3. The zero-order chi connectivity index (χ0) is 13.7. The van der Waals surface area contributed by atoms with Gasteiger partial charge in [0.1, 0.15) is 11.6 Å². The lowest BCUT2D eigenvalue weighted by Crippen LogP contribution is -2.36. The monoisotopic (exact) mass is 257 g/mol. The zero-order valence-electron chi connectivity index (χ0n) is 9.73. The average molecular weight is 257 g/mol. The molecule has 0 aliphatic heterocycles. The van der Waals surface area contributed by atoms with E-state index in [1.165, 1.54) is 18.0 Å². The van der Waals surface area contributed by atoms with E-state index in [1.54, 1.807) is 0 Å². The number of nitrogens with two attached hydrogens (primary N) is 1. The van der Waals surface area contributed by atoms with Gasteiger partial charge in [-0.05, 0) is 11.6 Å². The van der Waals surface area contributed by atoms with Crippen LogP contribution in [0.25, 0.3) is 0 Å². The third kappa shape index (κ3) is 3.69. The van der Waals surface area contributed by atoms with Gasteiger partial charge in [0, 0.05) is 13.1 Å². The Balaban J connectivity index is 2.69. The van der Waals surface area contributed by atoms with Crippen LogP contribution in [0.5, 0.6) is 0 Å². The Labute approximate surface area is 102 Å². The highest BCUT2D eigenvalue weighted by atomic mass is 19.1. The fourth-order valence-electron chi connectivity index (χ4n) is 1.33. The van der Waals surface area contributed by atoms with Crippen LogP contribution in [0.3, 0.4) is 0 Å². The smallest absolute Gasteiger partial charge is 0.227 e. The van der Waals surface area contributed by atoms with Gasteiger partial charge in [-0.2, -0.15) is 0 Å². The van der Waals surface area contributed by atoms with Gasteiger partial charge in [-0.25, -0.2) is 8.78 Å². The van der Waals surface area contributed by atoms with E-state index in [0.29, 0.717) is 6.07 Å². The van der Waals surface area contributed by atoms with E-state index >= 15 is 0 Å². The topological polar surface area (TPSA) is 78.9 Å². The van der Waals surface area contributed by atoms with E-state index in [4.69, 9.17) is 10.9 Å². The lowest BCUT2D eigenvalue weighted by Gasteiger charge is -2.16. The minimum Gasteiger partial charge on any atom is -0.409 e. The summed E-state index contributed by atoms with van der Waals surface area (Å²) in [5.74, 6) is -2.04. The van der Waals surface area contributed by atoms with Gasteiger partial charge in [0.2, 0.25) is 5.91 Å². The first-order valence-electron chi connectivity index (χ1n) is 5.08. The number of rotatable bonds is 4. The summed E-state index contributed by atoms with van der Waals surface area (Å²) in [7, 11) is 1.43. The fraction of sp³-hybridized carbons (Fsp3) is 0.273. The van der Waals surface area contributed by atoms with E-state index in [1.807, 2.05) is 0 Å². The normalized spacial score (nSPS) is 11.4. The highest BCUT2D eigenvalue weighted by Crippen LogP contribution is 2.11. The van der Waals surface area contributed by atoms with Crippen molar-refractivity contribution in [3.05, 3.63) is 35.4 Å². The Bertz CT molecular complexity index is 477. The van der Waals surface area contributed by atoms with Crippen LogP contribution in [0.4, 0.5) is 8.78 Å². The van der Waals surface area contributed by atoms with Crippen molar-refractivity contribution < 1.29 is 18.8 Å². The number of likely N-dealkylation sites (N-methyl/N-ethyl adjacent to an activating group) is 1. The minimum absolute atomic E-state index is 0.0713. The second-order valence-electron chi connectivity index (χ2n) is 3.75. The number of amidine groups is 1. The molecule has 0 spiro atoms. The molecule has 1 rings (SSSR count). The Morgan fingerprint density at radius 3 is 2.72 bits per heavy atom. The number of hydrogen-bond donors (Lipinski definition) is 2. The van der Waals surface area contributed by atoms with Crippen molar-refractivity contribution in [2.75, 3.05) is 13.6 Å². The molecule has 0 saturated heterocycles. The Kier molecular flexibility index (Phi) is 4.59. The molecule has 0 unspecified atom stereocenters. The molecule has 3 N–H and O–H groups in total. The number of halogens is 2. The van der Waals surface area contributed by atoms with E-state index < -0.39 is 17.5 Å². The van der Waals surface area contributed by atoms with E-state index in [-0.39, 0.29) is 24.4 Å². The van der Waals surface area contributed by atoms with Crippen LogP contribution in [-0.4, -0.2) is 35.4 Å². The predicted octanol–water partition coefficient (Wildman–Crippen LogP) is 0.712. The van der Waals surface area contributed by atoms with Gasteiger partial charge in [-0.15, -0.1) is 0 Å².